The highest BCUT2D eigenvalue weighted by atomic mass is 14.9. The number of aromatic nitrogens is 3. The Labute approximate surface area is 150 Å². The summed E-state index contributed by atoms with van der Waals surface area (Å²) in [6.07, 6.45) is 10.8. The second-order valence-electron chi connectivity index (χ2n) is 5.76. The van der Waals surface area contributed by atoms with Crippen LogP contribution in [-0.2, 0) is 0 Å². The van der Waals surface area contributed by atoms with Gasteiger partial charge in [0.2, 0.25) is 0 Å². The Hall–Kier alpha value is -3.91. The third kappa shape index (κ3) is 3.17. The predicted molar refractivity (Wildman–Crippen MR) is 104 cm³/mol. The van der Waals surface area contributed by atoms with Crippen molar-refractivity contribution in [3.8, 4) is 6.07 Å². The van der Waals surface area contributed by atoms with Gasteiger partial charge in [-0.1, -0.05) is 6.07 Å². The number of fused-ring (bicyclic) bond motifs is 1. The summed E-state index contributed by atoms with van der Waals surface area (Å²) in [6, 6.07) is 16.0. The third-order valence-corrected chi connectivity index (χ3v) is 4.04. The number of rotatable bonds is 4. The van der Waals surface area contributed by atoms with Crippen molar-refractivity contribution >= 4 is 34.4 Å². The number of H-pyrrole nitrogens is 1. The Bertz CT molecular complexity index is 1120. The maximum absolute atomic E-state index is 9.47. The van der Waals surface area contributed by atoms with Gasteiger partial charge in [0.1, 0.15) is 6.07 Å². The van der Waals surface area contributed by atoms with Gasteiger partial charge >= 0.3 is 0 Å². The van der Waals surface area contributed by atoms with Crippen LogP contribution in [0.2, 0.25) is 0 Å². The molecule has 0 fully saturated rings. The molecular weight excluding hydrogens is 322 g/mol. The fourth-order valence-corrected chi connectivity index (χ4v) is 2.75. The van der Waals surface area contributed by atoms with Crippen molar-refractivity contribution in [3.05, 3.63) is 84.1 Å². The first-order chi connectivity index (χ1) is 12.8. The zero-order chi connectivity index (χ0) is 17.8. The Morgan fingerprint density at radius 3 is 2.88 bits per heavy atom. The fourth-order valence-electron chi connectivity index (χ4n) is 2.75. The highest BCUT2D eigenvalue weighted by Gasteiger charge is 2.08. The van der Waals surface area contributed by atoms with Crippen molar-refractivity contribution in [2.75, 3.05) is 5.32 Å². The van der Waals surface area contributed by atoms with Crippen LogP contribution >= 0.6 is 0 Å². The molecular formula is C21H15N5. The first kappa shape index (κ1) is 15.6. The number of nitrogens with zero attached hydrogens (tertiary/aromatic N) is 3. The van der Waals surface area contributed by atoms with E-state index in [1.54, 1.807) is 18.6 Å². The number of nitriles is 1. The standard InChI is InChI=1S/C21H15N5/c22-12-17-14-23-13-16(4-5-18-3-1-2-9-24-18)21(17)26-19-6-7-20-15(11-19)8-10-25-20/h1-11,13-14,25H,(H,23,26). The minimum Gasteiger partial charge on any atom is -0.361 e. The largest absolute Gasteiger partial charge is 0.361 e. The summed E-state index contributed by atoms with van der Waals surface area (Å²) in [7, 11) is 0. The lowest BCUT2D eigenvalue weighted by Gasteiger charge is -2.11. The van der Waals surface area contributed by atoms with E-state index in [1.807, 2.05) is 60.8 Å². The fraction of sp³-hybridized carbons (Fsp3) is 0. The van der Waals surface area contributed by atoms with Gasteiger partial charge in [-0.05, 0) is 48.6 Å². The molecule has 0 radical (unpaired) electrons. The topological polar surface area (TPSA) is 77.4 Å². The number of anilines is 2. The minimum absolute atomic E-state index is 0.488. The molecule has 3 heterocycles. The molecule has 124 valence electrons. The van der Waals surface area contributed by atoms with E-state index in [9.17, 15) is 5.26 Å². The molecule has 0 aliphatic carbocycles. The van der Waals surface area contributed by atoms with E-state index >= 15 is 0 Å². The van der Waals surface area contributed by atoms with E-state index < -0.39 is 0 Å². The second kappa shape index (κ2) is 6.91. The smallest absolute Gasteiger partial charge is 0.103 e. The summed E-state index contributed by atoms with van der Waals surface area (Å²) in [6.45, 7) is 0. The van der Waals surface area contributed by atoms with Crippen LogP contribution < -0.4 is 5.32 Å². The third-order valence-electron chi connectivity index (χ3n) is 4.04. The van der Waals surface area contributed by atoms with Gasteiger partial charge in [0.25, 0.3) is 0 Å². The molecule has 0 saturated carbocycles. The van der Waals surface area contributed by atoms with Crippen LogP contribution in [0.15, 0.2) is 67.3 Å². The van der Waals surface area contributed by atoms with E-state index in [1.165, 1.54) is 0 Å². The Balaban J connectivity index is 1.72. The lowest BCUT2D eigenvalue weighted by atomic mass is 10.1. The minimum atomic E-state index is 0.488. The number of benzene rings is 1. The summed E-state index contributed by atoms with van der Waals surface area (Å²) in [5, 5.41) is 13.9. The van der Waals surface area contributed by atoms with Crippen LogP contribution in [0, 0.1) is 11.3 Å². The molecule has 2 N–H and O–H groups in total. The van der Waals surface area contributed by atoms with Crippen LogP contribution in [0.25, 0.3) is 23.1 Å². The summed E-state index contributed by atoms with van der Waals surface area (Å²) in [5.74, 6) is 0. The van der Waals surface area contributed by atoms with Gasteiger partial charge in [0.15, 0.2) is 0 Å². The summed E-state index contributed by atoms with van der Waals surface area (Å²) in [5.41, 5.74) is 4.86. The van der Waals surface area contributed by atoms with Crippen LogP contribution in [0.3, 0.4) is 0 Å². The monoisotopic (exact) mass is 337 g/mol. The quantitative estimate of drug-likeness (QED) is 0.563. The van der Waals surface area contributed by atoms with Gasteiger partial charge < -0.3 is 10.3 Å². The molecule has 4 rings (SSSR count). The highest BCUT2D eigenvalue weighted by molar-refractivity contribution is 5.86. The van der Waals surface area contributed by atoms with Crippen LogP contribution in [0.4, 0.5) is 11.4 Å². The van der Waals surface area contributed by atoms with E-state index in [0.29, 0.717) is 5.56 Å². The lowest BCUT2D eigenvalue weighted by Crippen LogP contribution is -1.97. The molecule has 0 spiro atoms. The van der Waals surface area contributed by atoms with E-state index in [2.05, 4.69) is 26.3 Å². The second-order valence-corrected chi connectivity index (χ2v) is 5.76. The number of nitrogens with one attached hydrogen (secondary N) is 2. The van der Waals surface area contributed by atoms with E-state index in [-0.39, 0.29) is 0 Å². The number of pyridine rings is 2. The van der Waals surface area contributed by atoms with Gasteiger partial charge in [0, 0.05) is 46.9 Å². The molecule has 0 aliphatic rings. The zero-order valence-corrected chi connectivity index (χ0v) is 13.8. The molecule has 3 aromatic heterocycles. The maximum Gasteiger partial charge on any atom is 0.103 e. The van der Waals surface area contributed by atoms with Crippen molar-refractivity contribution in [2.24, 2.45) is 0 Å². The Morgan fingerprint density at radius 1 is 1.08 bits per heavy atom. The average Bonchev–Trinajstić information content (AvgIpc) is 3.16. The average molecular weight is 337 g/mol. The molecule has 1 aromatic carbocycles. The van der Waals surface area contributed by atoms with E-state index in [0.717, 1.165) is 33.5 Å². The molecule has 26 heavy (non-hydrogen) atoms. The van der Waals surface area contributed by atoms with Crippen molar-refractivity contribution in [3.63, 3.8) is 0 Å². The highest BCUT2D eigenvalue weighted by Crippen LogP contribution is 2.27. The molecule has 0 saturated heterocycles. The zero-order valence-electron chi connectivity index (χ0n) is 13.8. The van der Waals surface area contributed by atoms with Crippen molar-refractivity contribution in [1.29, 1.82) is 5.26 Å². The van der Waals surface area contributed by atoms with Gasteiger partial charge in [-0.2, -0.15) is 5.26 Å². The molecule has 0 bridgehead atoms. The first-order valence-electron chi connectivity index (χ1n) is 8.15. The molecule has 5 nitrogen and oxygen atoms in total. The normalized spacial score (nSPS) is 10.9. The van der Waals surface area contributed by atoms with Crippen LogP contribution in [-0.4, -0.2) is 15.0 Å². The molecule has 4 aromatic rings. The number of aromatic amines is 1. The summed E-state index contributed by atoms with van der Waals surface area (Å²) in [4.78, 5) is 11.6. The maximum atomic E-state index is 9.47. The van der Waals surface area contributed by atoms with Crippen molar-refractivity contribution in [2.45, 2.75) is 0 Å². The van der Waals surface area contributed by atoms with Gasteiger partial charge in [-0.15, -0.1) is 0 Å². The molecule has 0 amide bonds. The molecule has 5 heteroatoms. The van der Waals surface area contributed by atoms with Gasteiger partial charge in [0.05, 0.1) is 16.9 Å². The van der Waals surface area contributed by atoms with Gasteiger partial charge in [-0.3, -0.25) is 9.97 Å². The predicted octanol–water partition coefficient (Wildman–Crippen LogP) is 4.74. The Morgan fingerprint density at radius 2 is 2.04 bits per heavy atom. The first-order valence-corrected chi connectivity index (χ1v) is 8.15. The SMILES string of the molecule is N#Cc1cncc(C=Cc2ccccn2)c1Nc1ccc2[nH]ccc2c1. The summed E-state index contributed by atoms with van der Waals surface area (Å²) < 4.78 is 0. The lowest BCUT2D eigenvalue weighted by molar-refractivity contribution is 1.28. The molecule has 0 unspecified atom stereocenters. The van der Waals surface area contributed by atoms with E-state index in [4.69, 9.17) is 0 Å². The summed E-state index contributed by atoms with van der Waals surface area (Å²) >= 11 is 0. The Kier molecular flexibility index (Phi) is 4.15. The molecule has 0 aliphatic heterocycles. The molecule has 0 atom stereocenters. The number of hydrogen-bond acceptors (Lipinski definition) is 4. The van der Waals surface area contributed by atoms with Crippen LogP contribution in [0.5, 0.6) is 0 Å². The number of hydrogen-bond donors (Lipinski definition) is 2. The van der Waals surface area contributed by atoms with Crippen LogP contribution in [0.1, 0.15) is 16.8 Å². The van der Waals surface area contributed by atoms with Crippen molar-refractivity contribution in [1.82, 2.24) is 15.0 Å². The van der Waals surface area contributed by atoms with Gasteiger partial charge in [-0.25, -0.2) is 0 Å². The van der Waals surface area contributed by atoms with Crippen molar-refractivity contribution < 1.29 is 0 Å².